The number of hydrogen-bond acceptors (Lipinski definition) is 1. The topological polar surface area (TPSA) is 3.24 Å². The summed E-state index contributed by atoms with van der Waals surface area (Å²) in [6, 6.07) is 0. The Labute approximate surface area is 82.5 Å². The van der Waals surface area contributed by atoms with Crippen molar-refractivity contribution in [3.05, 3.63) is 0 Å². The van der Waals surface area contributed by atoms with E-state index in [1.165, 1.54) is 38.8 Å². The SMILES string of the molecule is C#CCCN1CCCC(CC)CC1. The lowest BCUT2D eigenvalue weighted by molar-refractivity contribution is 0.287. The third kappa shape index (κ3) is 3.83. The molecule has 1 unspecified atom stereocenters. The monoisotopic (exact) mass is 179 g/mol. The minimum atomic E-state index is 0.913. The number of terminal acetylenes is 1. The van der Waals surface area contributed by atoms with Crippen LogP contribution < -0.4 is 0 Å². The van der Waals surface area contributed by atoms with Crippen LogP contribution in [0.5, 0.6) is 0 Å². The van der Waals surface area contributed by atoms with E-state index in [2.05, 4.69) is 17.7 Å². The average molecular weight is 179 g/mol. The maximum Gasteiger partial charge on any atom is 0.0214 e. The van der Waals surface area contributed by atoms with Gasteiger partial charge in [0.1, 0.15) is 0 Å². The van der Waals surface area contributed by atoms with Crippen molar-refractivity contribution in [3.63, 3.8) is 0 Å². The summed E-state index contributed by atoms with van der Waals surface area (Å²) in [4.78, 5) is 2.52. The fourth-order valence-corrected chi connectivity index (χ4v) is 2.08. The number of likely N-dealkylation sites (tertiary alicyclic amines) is 1. The van der Waals surface area contributed by atoms with Gasteiger partial charge in [-0.05, 0) is 38.3 Å². The van der Waals surface area contributed by atoms with E-state index in [0.29, 0.717) is 0 Å². The van der Waals surface area contributed by atoms with Crippen molar-refractivity contribution in [3.8, 4) is 12.3 Å². The van der Waals surface area contributed by atoms with Crippen LogP contribution in [0.3, 0.4) is 0 Å². The molecule has 1 aliphatic heterocycles. The summed E-state index contributed by atoms with van der Waals surface area (Å²) in [5.41, 5.74) is 0. The molecule has 13 heavy (non-hydrogen) atoms. The van der Waals surface area contributed by atoms with Crippen LogP contribution in [0.25, 0.3) is 0 Å². The van der Waals surface area contributed by atoms with Crippen molar-refractivity contribution < 1.29 is 0 Å². The first kappa shape index (κ1) is 10.6. The van der Waals surface area contributed by atoms with Crippen LogP contribution in [0.4, 0.5) is 0 Å². The molecule has 0 saturated carbocycles. The standard InChI is InChI=1S/C12H21N/c1-3-5-9-13-10-6-7-12(4-2)8-11-13/h1,12H,4-11H2,2H3. The quantitative estimate of drug-likeness (QED) is 0.602. The molecule has 1 saturated heterocycles. The molecule has 0 N–H and O–H groups in total. The molecule has 1 rings (SSSR count). The zero-order valence-electron chi connectivity index (χ0n) is 8.76. The van der Waals surface area contributed by atoms with Crippen LogP contribution >= 0.6 is 0 Å². The lowest BCUT2D eigenvalue weighted by atomic mass is 9.98. The van der Waals surface area contributed by atoms with Gasteiger partial charge >= 0.3 is 0 Å². The second kappa shape index (κ2) is 6.05. The Balaban J connectivity index is 2.24. The Kier molecular flexibility index (Phi) is 4.93. The molecule has 1 atom stereocenters. The van der Waals surface area contributed by atoms with Crippen LogP contribution in [0, 0.1) is 18.3 Å². The molecule has 1 heterocycles. The van der Waals surface area contributed by atoms with E-state index in [1.54, 1.807) is 0 Å². The predicted molar refractivity (Wildman–Crippen MR) is 57.5 cm³/mol. The third-order valence-electron chi connectivity index (χ3n) is 3.09. The van der Waals surface area contributed by atoms with Gasteiger partial charge in [0, 0.05) is 13.0 Å². The van der Waals surface area contributed by atoms with Crippen molar-refractivity contribution >= 4 is 0 Å². The van der Waals surface area contributed by atoms with E-state index in [1.807, 2.05) is 0 Å². The van der Waals surface area contributed by atoms with E-state index >= 15 is 0 Å². The Morgan fingerprint density at radius 3 is 2.92 bits per heavy atom. The normalized spacial score (nSPS) is 25.1. The van der Waals surface area contributed by atoms with E-state index < -0.39 is 0 Å². The predicted octanol–water partition coefficient (Wildman–Crippen LogP) is 2.52. The zero-order valence-corrected chi connectivity index (χ0v) is 8.76. The van der Waals surface area contributed by atoms with Crippen LogP contribution in [0.1, 0.15) is 39.0 Å². The fraction of sp³-hybridized carbons (Fsp3) is 0.833. The molecule has 0 amide bonds. The molecule has 1 heteroatoms. The second-order valence-electron chi connectivity index (χ2n) is 4.00. The highest BCUT2D eigenvalue weighted by Crippen LogP contribution is 2.19. The molecule has 0 aromatic heterocycles. The first-order chi connectivity index (χ1) is 6.36. The highest BCUT2D eigenvalue weighted by atomic mass is 15.1. The summed E-state index contributed by atoms with van der Waals surface area (Å²) in [5, 5.41) is 0. The van der Waals surface area contributed by atoms with Crippen molar-refractivity contribution in [1.29, 1.82) is 0 Å². The number of nitrogens with zero attached hydrogens (tertiary/aromatic N) is 1. The Morgan fingerprint density at radius 1 is 1.38 bits per heavy atom. The van der Waals surface area contributed by atoms with Crippen LogP contribution in [0.2, 0.25) is 0 Å². The average Bonchev–Trinajstić information content (AvgIpc) is 2.39. The third-order valence-corrected chi connectivity index (χ3v) is 3.09. The highest BCUT2D eigenvalue weighted by molar-refractivity contribution is 4.85. The molecule has 1 fully saturated rings. The molecule has 0 bridgehead atoms. The molecular formula is C12H21N. The Morgan fingerprint density at radius 2 is 2.23 bits per heavy atom. The minimum absolute atomic E-state index is 0.913. The van der Waals surface area contributed by atoms with Crippen molar-refractivity contribution in [2.75, 3.05) is 19.6 Å². The van der Waals surface area contributed by atoms with Crippen LogP contribution in [-0.2, 0) is 0 Å². The number of hydrogen-bond donors (Lipinski definition) is 0. The fourth-order valence-electron chi connectivity index (χ4n) is 2.08. The van der Waals surface area contributed by atoms with Gasteiger partial charge in [0.25, 0.3) is 0 Å². The molecule has 0 radical (unpaired) electrons. The van der Waals surface area contributed by atoms with Gasteiger partial charge in [-0.3, -0.25) is 0 Å². The van der Waals surface area contributed by atoms with Gasteiger partial charge in [-0.1, -0.05) is 13.3 Å². The van der Waals surface area contributed by atoms with Gasteiger partial charge < -0.3 is 4.90 Å². The van der Waals surface area contributed by atoms with Crippen molar-refractivity contribution in [2.24, 2.45) is 5.92 Å². The molecule has 1 aliphatic rings. The summed E-state index contributed by atoms with van der Waals surface area (Å²) in [6.45, 7) is 5.94. The molecular weight excluding hydrogens is 158 g/mol. The summed E-state index contributed by atoms with van der Waals surface area (Å²) >= 11 is 0. The highest BCUT2D eigenvalue weighted by Gasteiger charge is 2.14. The van der Waals surface area contributed by atoms with Gasteiger partial charge in [-0.25, -0.2) is 0 Å². The zero-order chi connectivity index (χ0) is 9.52. The molecule has 74 valence electrons. The van der Waals surface area contributed by atoms with E-state index in [-0.39, 0.29) is 0 Å². The van der Waals surface area contributed by atoms with Gasteiger partial charge in [-0.15, -0.1) is 12.3 Å². The molecule has 0 aliphatic carbocycles. The van der Waals surface area contributed by atoms with Crippen molar-refractivity contribution in [2.45, 2.75) is 39.0 Å². The maximum atomic E-state index is 5.26. The smallest absolute Gasteiger partial charge is 0.0214 e. The van der Waals surface area contributed by atoms with E-state index in [0.717, 1.165) is 18.9 Å². The summed E-state index contributed by atoms with van der Waals surface area (Å²) in [6.07, 6.45) is 11.7. The molecule has 1 nitrogen and oxygen atoms in total. The molecule has 0 aromatic rings. The second-order valence-corrected chi connectivity index (χ2v) is 4.00. The Bertz CT molecular complexity index is 168. The maximum absolute atomic E-state index is 5.26. The molecule has 0 aromatic carbocycles. The van der Waals surface area contributed by atoms with Crippen LogP contribution in [-0.4, -0.2) is 24.5 Å². The van der Waals surface area contributed by atoms with Gasteiger partial charge in [0.05, 0.1) is 0 Å². The van der Waals surface area contributed by atoms with E-state index in [4.69, 9.17) is 6.42 Å². The van der Waals surface area contributed by atoms with Crippen molar-refractivity contribution in [1.82, 2.24) is 4.90 Å². The van der Waals surface area contributed by atoms with Gasteiger partial charge in [-0.2, -0.15) is 0 Å². The largest absolute Gasteiger partial charge is 0.302 e. The first-order valence-corrected chi connectivity index (χ1v) is 5.52. The van der Waals surface area contributed by atoms with E-state index in [9.17, 15) is 0 Å². The number of rotatable bonds is 3. The van der Waals surface area contributed by atoms with Crippen LogP contribution in [0.15, 0.2) is 0 Å². The summed E-state index contributed by atoms with van der Waals surface area (Å²) in [7, 11) is 0. The van der Waals surface area contributed by atoms with Gasteiger partial charge in [0.2, 0.25) is 0 Å². The lowest BCUT2D eigenvalue weighted by Crippen LogP contribution is -2.25. The summed E-state index contributed by atoms with van der Waals surface area (Å²) in [5.74, 6) is 3.69. The lowest BCUT2D eigenvalue weighted by Gasteiger charge is -2.18. The Hall–Kier alpha value is -0.480. The minimum Gasteiger partial charge on any atom is -0.302 e. The first-order valence-electron chi connectivity index (χ1n) is 5.52. The summed E-state index contributed by atoms with van der Waals surface area (Å²) < 4.78 is 0. The molecule has 0 spiro atoms. The van der Waals surface area contributed by atoms with Gasteiger partial charge in [0.15, 0.2) is 0 Å².